The van der Waals surface area contributed by atoms with Crippen LogP contribution in [0, 0.1) is 6.92 Å². The van der Waals surface area contributed by atoms with Crippen LogP contribution in [0.2, 0.25) is 0 Å². The van der Waals surface area contributed by atoms with E-state index in [2.05, 4.69) is 10.2 Å². The zero-order valence-corrected chi connectivity index (χ0v) is 77.8. The summed E-state index contributed by atoms with van der Waals surface area (Å²) in [5, 5.41) is 42.4. The molecule has 5 N–H and O–H groups in total. The van der Waals surface area contributed by atoms with Gasteiger partial charge in [-0.3, -0.25) is 90.8 Å². The Labute approximate surface area is 783 Å². The minimum atomic E-state index is -1.27. The number of rotatable bonds is 29. The molecule has 4 aliphatic rings. The Morgan fingerprint density at radius 2 is 0.680 bits per heavy atom. The summed E-state index contributed by atoms with van der Waals surface area (Å²) in [6.07, 6.45) is 11.2. The minimum Gasteiger partial charge on any atom is -0.480 e. The van der Waals surface area contributed by atoms with Crippen molar-refractivity contribution in [3.63, 3.8) is 0 Å². The van der Waals surface area contributed by atoms with Gasteiger partial charge in [0.1, 0.15) is 77.1 Å². The number of carboxylic acids is 4. The maximum Gasteiger partial charge on any atom is 0.323 e. The van der Waals surface area contributed by atoms with Gasteiger partial charge in [-0.1, -0.05) is 247 Å². The first kappa shape index (κ1) is 92.3. The lowest BCUT2D eigenvalue weighted by Gasteiger charge is -2.26. The number of aliphatic carboxylic acids is 4. The summed E-state index contributed by atoms with van der Waals surface area (Å²) in [6, 6.07) is 53.6. The number of thiocarbonyl (C=S) groups is 4. The molecule has 4 amide bonds. The summed E-state index contributed by atoms with van der Waals surface area (Å²) in [5.74, 6) is -6.69. The molecule has 0 unspecified atom stereocenters. The number of aldehydes is 1. The normalized spacial score (nSPS) is 16.8. The maximum atomic E-state index is 14.1. The molecule has 10 aromatic rings. The number of benzene rings is 7. The van der Waals surface area contributed by atoms with Crippen molar-refractivity contribution < 1.29 is 63.6 Å². The van der Waals surface area contributed by atoms with E-state index in [-0.39, 0.29) is 83.3 Å². The molecule has 4 fully saturated rings. The average Bonchev–Trinajstić information content (AvgIpc) is 1.64. The molecule has 3 aromatic heterocycles. The second kappa shape index (κ2) is 40.2. The molecular weight excluding hydrogens is 1860 g/mol. The third-order valence-electron chi connectivity index (χ3n) is 20.1. The molecule has 25 nitrogen and oxygen atoms in total. The lowest BCUT2D eigenvalue weighted by molar-refractivity contribution is -0.138. The highest BCUT2D eigenvalue weighted by atomic mass is 32.2. The van der Waals surface area contributed by atoms with Gasteiger partial charge in [0.2, 0.25) is 0 Å². The number of thiazole rings is 3. The number of likely N-dealkylation sites (N-methyl/N-ethyl adjacent to an activating group) is 1. The van der Waals surface area contributed by atoms with Crippen molar-refractivity contribution in [1.82, 2.24) is 38.6 Å². The molecule has 4 saturated heterocycles. The van der Waals surface area contributed by atoms with E-state index >= 15 is 0 Å². The molecule has 648 valence electrons. The van der Waals surface area contributed by atoms with Crippen LogP contribution in [0.1, 0.15) is 88.9 Å². The monoisotopic (exact) mass is 1930 g/mol. The van der Waals surface area contributed by atoms with Crippen molar-refractivity contribution in [2.75, 3.05) is 37.6 Å². The van der Waals surface area contributed by atoms with Gasteiger partial charge < -0.3 is 30.6 Å². The highest BCUT2D eigenvalue weighted by molar-refractivity contribution is 8.31. The number of hydrogen-bond acceptors (Lipinski definition) is 26. The van der Waals surface area contributed by atoms with Crippen LogP contribution in [-0.4, -0.2) is 158 Å². The molecular formula is C91H71N9O16S12. The topological polar surface area (TPSA) is 329 Å². The lowest BCUT2D eigenvalue weighted by atomic mass is 9.94. The van der Waals surface area contributed by atoms with Gasteiger partial charge in [0, 0.05) is 43.2 Å². The number of aryl methyl sites for hydroxylation is 1. The summed E-state index contributed by atoms with van der Waals surface area (Å²) in [4.78, 5) is 166. The van der Waals surface area contributed by atoms with E-state index in [0.29, 0.717) is 45.8 Å². The lowest BCUT2D eigenvalue weighted by Crippen LogP contribution is -2.35. The van der Waals surface area contributed by atoms with Gasteiger partial charge in [-0.25, -0.2) is 0 Å². The van der Waals surface area contributed by atoms with Crippen molar-refractivity contribution in [1.29, 1.82) is 0 Å². The molecule has 0 saturated carbocycles. The van der Waals surface area contributed by atoms with Gasteiger partial charge in [-0.05, 0) is 174 Å². The molecule has 4 aliphatic heterocycles. The number of amides is 4. The van der Waals surface area contributed by atoms with Gasteiger partial charge in [-0.2, -0.15) is 0 Å². The van der Waals surface area contributed by atoms with Crippen molar-refractivity contribution in [2.45, 2.75) is 54.3 Å². The van der Waals surface area contributed by atoms with Crippen molar-refractivity contribution in [3.05, 3.63) is 305 Å². The van der Waals surface area contributed by atoms with Crippen molar-refractivity contribution in [3.8, 4) is 0 Å². The third-order valence-corrected chi connectivity index (χ3v) is 30.8. The Morgan fingerprint density at radius 1 is 0.391 bits per heavy atom. The number of aromatic nitrogens is 3. The Balaban J connectivity index is 0.834. The van der Waals surface area contributed by atoms with Gasteiger partial charge in [0.15, 0.2) is 6.29 Å². The molecule has 0 aliphatic carbocycles. The van der Waals surface area contributed by atoms with Gasteiger partial charge in [0.05, 0.1) is 23.5 Å². The van der Waals surface area contributed by atoms with Crippen LogP contribution >= 0.6 is 142 Å². The number of nitrogens with one attached hydrogen (secondary N) is 1. The molecule has 128 heavy (non-hydrogen) atoms. The average molecular weight is 1930 g/mol. The second-order valence-electron chi connectivity index (χ2n) is 28.4. The number of thioether (sulfide) groups is 5. The first-order chi connectivity index (χ1) is 61.4. The van der Waals surface area contributed by atoms with Gasteiger partial charge in [0.25, 0.3) is 40.3 Å². The number of allylic oxidation sites excluding steroid dienone is 1. The molecule has 0 bridgehead atoms. The molecule has 37 heteroatoms. The van der Waals surface area contributed by atoms with E-state index in [1.54, 1.807) is 52.0 Å². The fourth-order valence-corrected chi connectivity index (χ4v) is 24.2. The van der Waals surface area contributed by atoms with E-state index in [4.69, 9.17) is 48.9 Å². The Kier molecular flexibility index (Phi) is 29.0. The van der Waals surface area contributed by atoms with Crippen molar-refractivity contribution >= 4 is 292 Å². The van der Waals surface area contributed by atoms with Gasteiger partial charge >= 0.3 is 23.9 Å². The molecule has 0 atom stereocenters. The zero-order valence-electron chi connectivity index (χ0n) is 68.0. The number of nitrogens with zero attached hydrogens (tertiary/aromatic N) is 8. The Hall–Kier alpha value is -11.9. The van der Waals surface area contributed by atoms with Crippen LogP contribution < -0.4 is 54.5 Å². The van der Waals surface area contributed by atoms with E-state index in [0.717, 1.165) is 174 Å². The van der Waals surface area contributed by atoms with E-state index < -0.39 is 90.4 Å². The SMILES string of the molecule is CCN1C(=O)/C(=c2/s/c(=C\c3ccc(C(=Cc4ccc(N(c5ccc(C)cc5)c5ccc(/C=C(\c6ccc(/C=c7\s/c(=C8\SC(=S)N(CC)C8=O)n(CC(=O)O)c7=O)cc6)c6ccc(/C=C(\C=O)S/C(NCC(=O)O)=C7/SC(=S)N(CC)C7=O)cc6)cc5)cc4)c4ccc(/C=c5/s/c(=C6\SC(=S)N(CC)C6=O)n(CC(=O)O)c5=O)cc4)cc3)c(=O)n2CC(=O)O)SC1=S. The first-order valence-electron chi connectivity index (χ1n) is 39.1. The first-order valence-corrected chi connectivity index (χ1v) is 47.2. The zero-order chi connectivity index (χ0) is 91.2. The predicted octanol–water partition coefficient (Wildman–Crippen LogP) is 11.0. The third kappa shape index (κ3) is 20.2. The molecule has 14 rings (SSSR count). The second-order valence-corrected chi connectivity index (χ2v) is 39.1. The standard InChI is InChI=1S/C91H71N9O16S12/c1-6-93-81(113)73(125-88(93)117)77(92-44-69(102)103)121-63(48-101)38-50-12-24-56(25-13-50)64(57-26-14-53(15-27-57)41-66-78(110)97(45-70(104)105)85(122-66)74-82(114)94(7-2)89(118)126-74)39-51-20-34-61(35-21-51)100(60-32-10-49(5)11-33-60)62-36-22-52(23-37-62)40-65(58-28-16-54(17-29-58)42-67-79(111)98(46-71(106)107)86(123-67)75-83(115)95(8-3)90(119)127-75)59-30-18-55(19-31-59)43-68-80(112)99(47-72(108)109)87(124-68)76-84(116)96(9-4)91(120)128-76/h10-43,48,92H,6-9,44-47H2,1-5H3,(H,102,103)(H,104,105)(H,106,107)(H,108,109)/b63-38+,64-39-,65-40?,66-41-,67-42-,68-43+,77-73+,85-74-,86-75-,87-76-. The van der Waals surface area contributed by atoms with E-state index in [1.807, 2.05) is 189 Å². The Bertz CT molecular complexity index is 6930. The van der Waals surface area contributed by atoms with Crippen LogP contribution in [0.5, 0.6) is 0 Å². The number of carbonyl (C=O) groups is 9. The molecule has 0 spiro atoms. The van der Waals surface area contributed by atoms with Crippen LogP contribution in [0.4, 0.5) is 17.1 Å². The number of anilines is 3. The summed E-state index contributed by atoms with van der Waals surface area (Å²) >= 11 is 29.8. The van der Waals surface area contributed by atoms with Gasteiger partial charge in [-0.15, -0.1) is 34.0 Å². The number of carboxylic acid groups (broad SMARTS) is 4. The highest BCUT2D eigenvalue weighted by Gasteiger charge is 2.38. The number of carbonyl (C=O) groups excluding carboxylic acids is 5. The van der Waals surface area contributed by atoms with Crippen LogP contribution in [0.3, 0.4) is 0 Å². The van der Waals surface area contributed by atoms with Crippen molar-refractivity contribution in [2.24, 2.45) is 0 Å². The smallest absolute Gasteiger partial charge is 0.323 e. The van der Waals surface area contributed by atoms with E-state index in [1.165, 1.54) is 19.6 Å². The Morgan fingerprint density at radius 3 is 0.969 bits per heavy atom. The fourth-order valence-electron chi connectivity index (χ4n) is 13.9. The summed E-state index contributed by atoms with van der Waals surface area (Å²) in [7, 11) is 0. The predicted molar refractivity (Wildman–Crippen MR) is 527 cm³/mol. The molecule has 7 aromatic carbocycles. The molecule has 0 radical (unpaired) electrons. The van der Waals surface area contributed by atoms with Crippen LogP contribution in [0.25, 0.3) is 62.3 Å². The number of hydrogen-bond donors (Lipinski definition) is 5. The summed E-state index contributed by atoms with van der Waals surface area (Å²) in [5.41, 5.74) is 10.0. The summed E-state index contributed by atoms with van der Waals surface area (Å²) in [6.45, 7) is 7.61. The fraction of sp³-hybridized carbons (Fsp3) is 0.143. The van der Waals surface area contributed by atoms with Crippen LogP contribution in [-0.2, 0) is 62.8 Å². The van der Waals surface area contributed by atoms with Crippen LogP contribution in [0.15, 0.2) is 199 Å². The quantitative estimate of drug-likeness (QED) is 0.0126. The summed E-state index contributed by atoms with van der Waals surface area (Å²) < 4.78 is 5.50. The molecule has 7 heterocycles. The minimum absolute atomic E-state index is 0.154. The maximum absolute atomic E-state index is 14.1. The van der Waals surface area contributed by atoms with E-state index in [9.17, 15) is 78.0 Å². The largest absolute Gasteiger partial charge is 0.480 e. The highest BCUT2D eigenvalue weighted by Crippen LogP contribution is 2.41.